The number of hydrogen-bond donors (Lipinski definition) is 3. The second-order valence-corrected chi connectivity index (χ2v) is 3.68. The highest BCUT2D eigenvalue weighted by Crippen LogP contribution is 2.12. The Labute approximate surface area is 94.0 Å². The lowest BCUT2D eigenvalue weighted by molar-refractivity contribution is 0.217. The lowest BCUT2D eigenvalue weighted by atomic mass is 10.1. The molecule has 1 aromatic carbocycles. The van der Waals surface area contributed by atoms with E-state index in [0.717, 1.165) is 5.56 Å². The summed E-state index contributed by atoms with van der Waals surface area (Å²) >= 11 is 0. The summed E-state index contributed by atoms with van der Waals surface area (Å²) in [5.41, 5.74) is 6.57. The minimum absolute atomic E-state index is 0.0626. The Hall–Kier alpha value is -1.46. The lowest BCUT2D eigenvalue weighted by Gasteiger charge is -2.17. The van der Waals surface area contributed by atoms with Crippen molar-refractivity contribution in [2.75, 3.05) is 20.2 Å². The standard InChI is InChI=1S/C11H16FN3O/c1-15(4-5-16)7-8-2-3-9(12)6-10(8)11(13)14/h2-3,6,16H,4-5,7H2,1H3,(H3,13,14). The number of rotatable bonds is 5. The first-order valence-electron chi connectivity index (χ1n) is 4.97. The van der Waals surface area contributed by atoms with Crippen LogP contribution in [0.2, 0.25) is 0 Å². The number of nitrogens with two attached hydrogens (primary N) is 1. The Morgan fingerprint density at radius 3 is 2.81 bits per heavy atom. The van der Waals surface area contributed by atoms with Gasteiger partial charge in [-0.15, -0.1) is 0 Å². The molecule has 4 nitrogen and oxygen atoms in total. The van der Waals surface area contributed by atoms with Crippen molar-refractivity contribution in [1.29, 1.82) is 5.41 Å². The SMILES string of the molecule is CN(CCO)Cc1ccc(F)cc1C(=N)N. The van der Waals surface area contributed by atoms with Gasteiger partial charge in [0.15, 0.2) is 0 Å². The fourth-order valence-electron chi connectivity index (χ4n) is 1.48. The summed E-state index contributed by atoms with van der Waals surface area (Å²) in [6, 6.07) is 4.21. The van der Waals surface area contributed by atoms with Gasteiger partial charge in [-0.1, -0.05) is 6.07 Å². The van der Waals surface area contributed by atoms with Gasteiger partial charge in [-0.3, -0.25) is 10.3 Å². The zero-order chi connectivity index (χ0) is 12.1. The van der Waals surface area contributed by atoms with Crippen LogP contribution in [0.15, 0.2) is 18.2 Å². The molecule has 0 fully saturated rings. The average Bonchev–Trinajstić information content (AvgIpc) is 2.20. The van der Waals surface area contributed by atoms with Gasteiger partial charge in [0.05, 0.1) is 6.61 Å². The summed E-state index contributed by atoms with van der Waals surface area (Å²) in [5, 5.41) is 16.1. The molecule has 0 bridgehead atoms. The number of nitrogens with zero attached hydrogens (tertiary/aromatic N) is 1. The molecule has 0 radical (unpaired) electrons. The summed E-state index contributed by atoms with van der Waals surface area (Å²) in [4.78, 5) is 1.87. The molecule has 1 rings (SSSR count). The van der Waals surface area contributed by atoms with Crippen LogP contribution in [0, 0.1) is 11.2 Å². The van der Waals surface area contributed by atoms with E-state index in [-0.39, 0.29) is 12.4 Å². The Bertz CT molecular complexity index is 381. The van der Waals surface area contributed by atoms with E-state index in [1.807, 2.05) is 11.9 Å². The Kier molecular flexibility index (Phi) is 4.39. The minimum Gasteiger partial charge on any atom is -0.395 e. The third-order valence-corrected chi connectivity index (χ3v) is 2.28. The number of aliphatic hydroxyl groups excluding tert-OH is 1. The van der Waals surface area contributed by atoms with Crippen LogP contribution in [-0.2, 0) is 6.54 Å². The van der Waals surface area contributed by atoms with Crippen LogP contribution in [0.1, 0.15) is 11.1 Å². The number of halogens is 1. The summed E-state index contributed by atoms with van der Waals surface area (Å²) in [6.07, 6.45) is 0. The molecule has 0 heterocycles. The van der Waals surface area contributed by atoms with E-state index in [1.165, 1.54) is 12.1 Å². The van der Waals surface area contributed by atoms with Gasteiger partial charge < -0.3 is 10.8 Å². The van der Waals surface area contributed by atoms with E-state index in [1.54, 1.807) is 6.07 Å². The predicted octanol–water partition coefficient (Wildman–Crippen LogP) is 0.534. The van der Waals surface area contributed by atoms with Crippen molar-refractivity contribution in [3.8, 4) is 0 Å². The topological polar surface area (TPSA) is 73.3 Å². The monoisotopic (exact) mass is 225 g/mol. The second-order valence-electron chi connectivity index (χ2n) is 3.68. The summed E-state index contributed by atoms with van der Waals surface area (Å²) in [5.74, 6) is -0.550. The number of likely N-dealkylation sites (N-methyl/N-ethyl adjacent to an activating group) is 1. The van der Waals surface area contributed by atoms with E-state index in [2.05, 4.69) is 0 Å². The van der Waals surface area contributed by atoms with Crippen LogP contribution in [0.5, 0.6) is 0 Å². The number of aliphatic hydroxyl groups is 1. The van der Waals surface area contributed by atoms with Crippen molar-refractivity contribution in [2.24, 2.45) is 5.73 Å². The molecule has 88 valence electrons. The van der Waals surface area contributed by atoms with Gasteiger partial charge in [0.1, 0.15) is 11.7 Å². The van der Waals surface area contributed by atoms with E-state index in [0.29, 0.717) is 18.7 Å². The van der Waals surface area contributed by atoms with E-state index in [4.69, 9.17) is 16.2 Å². The number of benzene rings is 1. The first-order valence-corrected chi connectivity index (χ1v) is 4.97. The van der Waals surface area contributed by atoms with Crippen LogP contribution < -0.4 is 5.73 Å². The summed E-state index contributed by atoms with van der Waals surface area (Å²) in [7, 11) is 1.84. The highest BCUT2D eigenvalue weighted by atomic mass is 19.1. The highest BCUT2D eigenvalue weighted by molar-refractivity contribution is 5.96. The maximum absolute atomic E-state index is 13.0. The molecule has 0 spiro atoms. The van der Waals surface area contributed by atoms with Gasteiger partial charge in [-0.25, -0.2) is 4.39 Å². The first-order chi connectivity index (χ1) is 7.54. The number of amidine groups is 1. The van der Waals surface area contributed by atoms with Crippen molar-refractivity contribution in [2.45, 2.75) is 6.54 Å². The molecule has 1 aromatic rings. The van der Waals surface area contributed by atoms with Gasteiger partial charge in [0, 0.05) is 18.7 Å². The maximum Gasteiger partial charge on any atom is 0.123 e. The molecule has 0 saturated carbocycles. The molecule has 0 amide bonds. The molecule has 0 aliphatic rings. The van der Waals surface area contributed by atoms with Gasteiger partial charge in [0.2, 0.25) is 0 Å². The molecule has 16 heavy (non-hydrogen) atoms. The molecule has 0 aliphatic carbocycles. The van der Waals surface area contributed by atoms with Gasteiger partial charge in [-0.2, -0.15) is 0 Å². The van der Waals surface area contributed by atoms with Crippen molar-refractivity contribution < 1.29 is 9.50 Å². The zero-order valence-electron chi connectivity index (χ0n) is 9.20. The highest BCUT2D eigenvalue weighted by Gasteiger charge is 2.08. The fourth-order valence-corrected chi connectivity index (χ4v) is 1.48. The van der Waals surface area contributed by atoms with E-state index < -0.39 is 5.82 Å². The normalized spacial score (nSPS) is 10.8. The predicted molar refractivity (Wildman–Crippen MR) is 60.8 cm³/mol. The summed E-state index contributed by atoms with van der Waals surface area (Å²) < 4.78 is 13.0. The van der Waals surface area contributed by atoms with Gasteiger partial charge in [-0.05, 0) is 24.7 Å². The largest absolute Gasteiger partial charge is 0.395 e. The summed E-state index contributed by atoms with van der Waals surface area (Å²) in [6.45, 7) is 1.11. The maximum atomic E-state index is 13.0. The number of nitrogen functional groups attached to an aromatic ring is 1. The fraction of sp³-hybridized carbons (Fsp3) is 0.364. The zero-order valence-corrected chi connectivity index (χ0v) is 9.20. The Balaban J connectivity index is 2.90. The van der Waals surface area contributed by atoms with Crippen LogP contribution in [-0.4, -0.2) is 36.0 Å². The first kappa shape index (κ1) is 12.6. The van der Waals surface area contributed by atoms with Crippen LogP contribution >= 0.6 is 0 Å². The average molecular weight is 225 g/mol. The molecule has 0 unspecified atom stereocenters. The van der Waals surface area contributed by atoms with E-state index >= 15 is 0 Å². The smallest absolute Gasteiger partial charge is 0.123 e. The third kappa shape index (κ3) is 3.29. The van der Waals surface area contributed by atoms with Crippen molar-refractivity contribution >= 4 is 5.84 Å². The van der Waals surface area contributed by atoms with Crippen LogP contribution in [0.25, 0.3) is 0 Å². The van der Waals surface area contributed by atoms with Crippen LogP contribution in [0.4, 0.5) is 4.39 Å². The van der Waals surface area contributed by atoms with Gasteiger partial charge in [0.25, 0.3) is 0 Å². The molecule has 0 aromatic heterocycles. The molecule has 0 saturated heterocycles. The quantitative estimate of drug-likeness (QED) is 0.505. The Morgan fingerprint density at radius 1 is 1.56 bits per heavy atom. The van der Waals surface area contributed by atoms with Gasteiger partial charge >= 0.3 is 0 Å². The number of nitrogens with one attached hydrogen (secondary N) is 1. The van der Waals surface area contributed by atoms with Crippen molar-refractivity contribution in [1.82, 2.24) is 4.90 Å². The molecule has 0 aliphatic heterocycles. The minimum atomic E-state index is -0.404. The number of hydrogen-bond acceptors (Lipinski definition) is 3. The molecular formula is C11H16FN3O. The second kappa shape index (κ2) is 5.58. The molecule has 4 N–H and O–H groups in total. The molecule has 5 heteroatoms. The molecule has 0 atom stereocenters. The lowest BCUT2D eigenvalue weighted by Crippen LogP contribution is -2.24. The van der Waals surface area contributed by atoms with Crippen LogP contribution in [0.3, 0.4) is 0 Å². The van der Waals surface area contributed by atoms with E-state index in [9.17, 15) is 4.39 Å². The van der Waals surface area contributed by atoms with Crippen molar-refractivity contribution in [3.05, 3.63) is 35.1 Å². The third-order valence-electron chi connectivity index (χ3n) is 2.28. The molecular weight excluding hydrogens is 209 g/mol. The Morgan fingerprint density at radius 2 is 2.25 bits per heavy atom. The van der Waals surface area contributed by atoms with Crippen molar-refractivity contribution in [3.63, 3.8) is 0 Å².